The van der Waals surface area contributed by atoms with Gasteiger partial charge in [-0.3, -0.25) is 9.59 Å². The first kappa shape index (κ1) is 24.9. The summed E-state index contributed by atoms with van der Waals surface area (Å²) in [4.78, 5) is 38.1. The van der Waals surface area contributed by atoms with Crippen molar-refractivity contribution >= 4 is 34.1 Å². The smallest absolute Gasteiger partial charge is 0.259 e. The molecule has 0 saturated carbocycles. The van der Waals surface area contributed by atoms with Gasteiger partial charge in [0, 0.05) is 37.9 Å². The number of hydrogen-bond acceptors (Lipinski definition) is 5. The number of aromatic nitrogens is 1. The highest BCUT2D eigenvalue weighted by molar-refractivity contribution is 7.85. The molecular weight excluding hydrogens is 515 g/mol. The Balaban J connectivity index is 1.33. The zero-order chi connectivity index (χ0) is 26.9. The van der Waals surface area contributed by atoms with E-state index in [0.29, 0.717) is 58.3 Å². The maximum absolute atomic E-state index is 13.8. The van der Waals surface area contributed by atoms with Crippen LogP contribution in [0.15, 0.2) is 101 Å². The molecule has 2 aliphatic heterocycles. The van der Waals surface area contributed by atoms with Gasteiger partial charge in [0.25, 0.3) is 11.8 Å². The van der Waals surface area contributed by atoms with E-state index in [-0.39, 0.29) is 24.2 Å². The number of pyridine rings is 1. The number of nitrogens with zero attached hydrogens (tertiary/aromatic N) is 4. The lowest BCUT2D eigenvalue weighted by molar-refractivity contribution is 0.0746. The Labute approximate surface area is 228 Å². The van der Waals surface area contributed by atoms with Gasteiger partial charge in [0.05, 0.1) is 38.4 Å². The molecule has 0 spiro atoms. The van der Waals surface area contributed by atoms with E-state index in [1.54, 1.807) is 65.7 Å². The first-order chi connectivity index (χ1) is 19.0. The predicted molar refractivity (Wildman–Crippen MR) is 147 cm³/mol. The molecule has 0 bridgehead atoms. The molecule has 4 aromatic rings. The van der Waals surface area contributed by atoms with Crippen LogP contribution in [0.4, 0.5) is 15.9 Å². The minimum absolute atomic E-state index is 0.137. The summed E-state index contributed by atoms with van der Waals surface area (Å²) in [6.07, 6.45) is 1.75. The summed E-state index contributed by atoms with van der Waals surface area (Å²) < 4.78 is 27.2. The Hall–Kier alpha value is -4.37. The van der Waals surface area contributed by atoms with Crippen molar-refractivity contribution in [2.24, 2.45) is 0 Å². The van der Waals surface area contributed by atoms with E-state index >= 15 is 0 Å². The van der Waals surface area contributed by atoms with Crippen LogP contribution in [0.3, 0.4) is 0 Å². The number of halogens is 1. The molecule has 6 rings (SSSR count). The van der Waals surface area contributed by atoms with Gasteiger partial charge in [-0.1, -0.05) is 30.3 Å². The quantitative estimate of drug-likeness (QED) is 0.381. The second-order valence-electron chi connectivity index (χ2n) is 9.43. The Morgan fingerprint density at radius 3 is 2.36 bits per heavy atom. The molecule has 1 fully saturated rings. The lowest BCUT2D eigenvalue weighted by atomic mass is 10.1. The van der Waals surface area contributed by atoms with Crippen LogP contribution < -0.4 is 9.80 Å². The predicted octanol–water partition coefficient (Wildman–Crippen LogP) is 4.51. The van der Waals surface area contributed by atoms with Crippen LogP contribution in [0.25, 0.3) is 0 Å². The minimum Gasteiger partial charge on any atom is -0.353 e. The average molecular weight is 541 g/mol. The fraction of sp³-hybridized carbons (Fsp3) is 0.167. The third-order valence-corrected chi connectivity index (χ3v) is 8.55. The highest BCUT2D eigenvalue weighted by atomic mass is 32.2. The van der Waals surface area contributed by atoms with Crippen molar-refractivity contribution in [3.05, 3.63) is 114 Å². The number of fused-ring (bicyclic) bond motifs is 2. The molecular formula is C30H25FN4O3S. The van der Waals surface area contributed by atoms with Gasteiger partial charge in [-0.25, -0.2) is 13.6 Å². The van der Waals surface area contributed by atoms with Crippen molar-refractivity contribution in [1.82, 2.24) is 9.88 Å². The maximum Gasteiger partial charge on any atom is 0.259 e. The molecule has 1 saturated heterocycles. The molecule has 2 amide bonds. The summed E-state index contributed by atoms with van der Waals surface area (Å²) in [7, 11) is -1.62. The lowest BCUT2D eigenvalue weighted by Gasteiger charge is -2.35. The molecule has 1 atom stereocenters. The molecule has 0 aliphatic carbocycles. The van der Waals surface area contributed by atoms with Gasteiger partial charge in [0.1, 0.15) is 11.6 Å². The van der Waals surface area contributed by atoms with Crippen molar-refractivity contribution in [2.45, 2.75) is 16.3 Å². The van der Waals surface area contributed by atoms with Crippen LogP contribution in [-0.2, 0) is 17.3 Å². The van der Waals surface area contributed by atoms with Gasteiger partial charge in [-0.05, 0) is 60.2 Å². The van der Waals surface area contributed by atoms with Crippen LogP contribution in [0.2, 0.25) is 0 Å². The molecule has 196 valence electrons. The van der Waals surface area contributed by atoms with E-state index in [9.17, 15) is 18.2 Å². The van der Waals surface area contributed by atoms with Gasteiger partial charge >= 0.3 is 0 Å². The summed E-state index contributed by atoms with van der Waals surface area (Å²) >= 11 is 0. The molecule has 3 heterocycles. The van der Waals surface area contributed by atoms with Gasteiger partial charge < -0.3 is 14.7 Å². The highest BCUT2D eigenvalue weighted by Crippen LogP contribution is 2.36. The van der Waals surface area contributed by atoms with Crippen LogP contribution in [0, 0.1) is 5.82 Å². The summed E-state index contributed by atoms with van der Waals surface area (Å²) in [6, 6.07) is 23.5. The third kappa shape index (κ3) is 4.81. The Morgan fingerprint density at radius 2 is 1.62 bits per heavy atom. The number of carbonyl (C=O) groups excluding carboxylic acids is 2. The largest absolute Gasteiger partial charge is 0.353 e. The normalized spacial score (nSPS) is 16.9. The Kier molecular flexibility index (Phi) is 6.66. The summed E-state index contributed by atoms with van der Waals surface area (Å²) in [5.41, 5.74) is 1.88. The number of amides is 2. The number of piperazine rings is 1. The third-order valence-electron chi connectivity index (χ3n) is 7.05. The standard InChI is InChI=1S/C30H25FN4O3S/c31-23-11-8-21(9-12-23)20-35-25-19-22(10-13-27(25)39(38)26-6-2-1-5-24(26)30(35)37)29(36)34-17-15-33(16-18-34)28-7-3-4-14-32-28/h1-14,19H,15-18,20H2/t39-/m1/s1. The topological polar surface area (TPSA) is 73.8 Å². The Bertz CT molecular complexity index is 1570. The average Bonchev–Trinajstić information content (AvgIpc) is 3.07. The number of hydrogen-bond donors (Lipinski definition) is 0. The van der Waals surface area contributed by atoms with Crippen molar-refractivity contribution in [1.29, 1.82) is 0 Å². The molecule has 9 heteroatoms. The molecule has 3 aromatic carbocycles. The van der Waals surface area contributed by atoms with Crippen LogP contribution >= 0.6 is 0 Å². The van der Waals surface area contributed by atoms with Gasteiger partial charge in [-0.2, -0.15) is 0 Å². The van der Waals surface area contributed by atoms with Crippen molar-refractivity contribution < 1.29 is 18.2 Å². The second-order valence-corrected chi connectivity index (χ2v) is 10.8. The fourth-order valence-corrected chi connectivity index (χ4v) is 6.33. The zero-order valence-electron chi connectivity index (χ0n) is 21.0. The number of carbonyl (C=O) groups is 2. The molecule has 0 N–H and O–H groups in total. The summed E-state index contributed by atoms with van der Waals surface area (Å²) in [5.74, 6) is 0.0336. The zero-order valence-corrected chi connectivity index (χ0v) is 21.8. The number of rotatable bonds is 4. The van der Waals surface area contributed by atoms with Crippen molar-refractivity contribution in [3.63, 3.8) is 0 Å². The van der Waals surface area contributed by atoms with E-state index < -0.39 is 10.8 Å². The van der Waals surface area contributed by atoms with E-state index in [1.807, 2.05) is 18.2 Å². The van der Waals surface area contributed by atoms with Gasteiger partial charge in [0.2, 0.25) is 0 Å². The van der Waals surface area contributed by atoms with Crippen molar-refractivity contribution in [2.75, 3.05) is 36.0 Å². The molecule has 0 radical (unpaired) electrons. The van der Waals surface area contributed by atoms with Gasteiger partial charge in [0.15, 0.2) is 0 Å². The molecule has 39 heavy (non-hydrogen) atoms. The SMILES string of the molecule is O=C(c1ccc2c(c1)N(Cc1ccc(F)cc1)C(=O)c1ccccc1[S@]2=O)N1CCN(c2ccccn2)CC1. The lowest BCUT2D eigenvalue weighted by Crippen LogP contribution is -2.49. The second kappa shape index (κ2) is 10.4. The number of anilines is 2. The summed E-state index contributed by atoms with van der Waals surface area (Å²) in [6.45, 7) is 2.51. The monoisotopic (exact) mass is 540 g/mol. The molecule has 2 aliphatic rings. The van der Waals surface area contributed by atoms with Crippen molar-refractivity contribution in [3.8, 4) is 0 Å². The van der Waals surface area contributed by atoms with Crippen LogP contribution in [0.5, 0.6) is 0 Å². The number of benzene rings is 3. The van der Waals surface area contributed by atoms with E-state index in [2.05, 4.69) is 9.88 Å². The Morgan fingerprint density at radius 1 is 0.872 bits per heavy atom. The maximum atomic E-state index is 13.8. The molecule has 1 aromatic heterocycles. The first-order valence-electron chi connectivity index (χ1n) is 12.7. The van der Waals surface area contributed by atoms with Crippen LogP contribution in [-0.4, -0.2) is 52.1 Å². The molecule has 0 unspecified atom stereocenters. The first-order valence-corrected chi connectivity index (χ1v) is 13.8. The van der Waals surface area contributed by atoms with Crippen LogP contribution in [0.1, 0.15) is 26.3 Å². The van der Waals surface area contributed by atoms with Gasteiger partial charge in [-0.15, -0.1) is 0 Å². The molecule has 7 nitrogen and oxygen atoms in total. The highest BCUT2D eigenvalue weighted by Gasteiger charge is 2.32. The fourth-order valence-electron chi connectivity index (χ4n) is 4.99. The minimum atomic E-state index is -1.62. The summed E-state index contributed by atoms with van der Waals surface area (Å²) in [5, 5.41) is 0. The van der Waals surface area contributed by atoms with E-state index in [4.69, 9.17) is 0 Å². The van der Waals surface area contributed by atoms with E-state index in [1.165, 1.54) is 17.0 Å². The van der Waals surface area contributed by atoms with E-state index in [0.717, 1.165) is 5.82 Å².